The van der Waals surface area contributed by atoms with Crippen molar-refractivity contribution < 1.29 is 9.84 Å². The summed E-state index contributed by atoms with van der Waals surface area (Å²) < 4.78 is 5.19. The van der Waals surface area contributed by atoms with Crippen LogP contribution in [0.5, 0.6) is 5.75 Å². The minimum Gasteiger partial charge on any atom is -0.497 e. The van der Waals surface area contributed by atoms with Crippen LogP contribution in [0.4, 0.5) is 0 Å². The van der Waals surface area contributed by atoms with Gasteiger partial charge in [0, 0.05) is 5.41 Å². The molecule has 2 fully saturated rings. The van der Waals surface area contributed by atoms with Crippen LogP contribution >= 0.6 is 0 Å². The molecule has 20 heavy (non-hydrogen) atoms. The lowest BCUT2D eigenvalue weighted by Crippen LogP contribution is -2.35. The highest BCUT2D eigenvalue weighted by Gasteiger charge is 2.63. The van der Waals surface area contributed by atoms with Crippen LogP contribution in [0.3, 0.4) is 0 Å². The molecule has 2 aliphatic carbocycles. The molecule has 2 saturated carbocycles. The molecule has 3 rings (SSSR count). The number of methoxy groups -OCH3 is 1. The number of ether oxygens (including phenoxy) is 1. The molecule has 1 aromatic carbocycles. The van der Waals surface area contributed by atoms with Gasteiger partial charge in [0.1, 0.15) is 5.75 Å². The normalized spacial score (nSPS) is 36.5. The molecule has 1 N–H and O–H groups in total. The predicted octanol–water partition coefficient (Wildman–Crippen LogP) is 3.90. The Bertz CT molecular complexity index is 541. The van der Waals surface area contributed by atoms with E-state index in [0.717, 1.165) is 17.7 Å². The lowest BCUT2D eigenvalue weighted by molar-refractivity contribution is 0.0264. The highest BCUT2D eigenvalue weighted by atomic mass is 16.5. The van der Waals surface area contributed by atoms with Crippen molar-refractivity contribution >= 4 is 6.08 Å². The molecule has 1 aromatic rings. The molecule has 0 saturated heterocycles. The van der Waals surface area contributed by atoms with Gasteiger partial charge in [-0.25, -0.2) is 0 Å². The Hall–Kier alpha value is -1.28. The third-order valence-electron chi connectivity index (χ3n) is 6.07. The minimum absolute atomic E-state index is 0.0238. The van der Waals surface area contributed by atoms with Crippen molar-refractivity contribution in [2.45, 2.75) is 39.7 Å². The Kier molecular flexibility index (Phi) is 2.98. The van der Waals surface area contributed by atoms with Crippen molar-refractivity contribution in [3.8, 4) is 5.75 Å². The Balaban J connectivity index is 1.96. The maximum Gasteiger partial charge on any atom is 0.118 e. The van der Waals surface area contributed by atoms with Crippen LogP contribution in [0, 0.1) is 16.7 Å². The van der Waals surface area contributed by atoms with E-state index in [1.54, 1.807) is 7.11 Å². The first-order valence-electron chi connectivity index (χ1n) is 7.44. The van der Waals surface area contributed by atoms with Crippen LogP contribution in [0.1, 0.15) is 39.2 Å². The van der Waals surface area contributed by atoms with Crippen LogP contribution in [-0.2, 0) is 0 Å². The number of aliphatic hydroxyl groups is 1. The SMILES string of the molecule is COc1ccc(/C=C2\[C@H]3CC[C@@](C)([C@@H]2O)C3(C)C)cc1. The molecule has 3 atom stereocenters. The maximum atomic E-state index is 10.7. The van der Waals surface area contributed by atoms with Crippen molar-refractivity contribution in [2.24, 2.45) is 16.7 Å². The lowest BCUT2D eigenvalue weighted by atomic mass is 9.70. The number of benzene rings is 1. The highest BCUT2D eigenvalue weighted by molar-refractivity contribution is 5.58. The van der Waals surface area contributed by atoms with Gasteiger partial charge in [-0.1, -0.05) is 39.0 Å². The quantitative estimate of drug-likeness (QED) is 0.885. The standard InChI is InChI=1S/C18H24O2/c1-17(2)15-9-10-18(17,3)16(19)14(15)11-12-5-7-13(20-4)8-6-12/h5-8,11,15-16,19H,9-10H2,1-4H3/b14-11+/t15-,16-,18+/m1/s1. The summed E-state index contributed by atoms with van der Waals surface area (Å²) in [5.74, 6) is 1.37. The van der Waals surface area contributed by atoms with Gasteiger partial charge in [-0.05, 0) is 47.4 Å². The van der Waals surface area contributed by atoms with Gasteiger partial charge in [0.25, 0.3) is 0 Å². The molecule has 0 aliphatic heterocycles. The molecule has 0 radical (unpaired) electrons. The molecule has 0 spiro atoms. The number of hydrogen-bond donors (Lipinski definition) is 1. The molecule has 2 nitrogen and oxygen atoms in total. The summed E-state index contributed by atoms with van der Waals surface area (Å²) >= 11 is 0. The molecule has 0 heterocycles. The van der Waals surface area contributed by atoms with Crippen LogP contribution in [-0.4, -0.2) is 18.3 Å². The van der Waals surface area contributed by atoms with Crippen molar-refractivity contribution in [3.63, 3.8) is 0 Å². The first-order valence-corrected chi connectivity index (χ1v) is 7.44. The average molecular weight is 272 g/mol. The third-order valence-corrected chi connectivity index (χ3v) is 6.07. The molecule has 108 valence electrons. The molecule has 2 aliphatic rings. The predicted molar refractivity (Wildman–Crippen MR) is 81.6 cm³/mol. The van der Waals surface area contributed by atoms with Gasteiger partial charge in [-0.15, -0.1) is 0 Å². The van der Waals surface area contributed by atoms with Gasteiger partial charge in [-0.2, -0.15) is 0 Å². The summed E-state index contributed by atoms with van der Waals surface area (Å²) in [4.78, 5) is 0. The van der Waals surface area contributed by atoms with Crippen molar-refractivity contribution in [2.75, 3.05) is 7.11 Å². The topological polar surface area (TPSA) is 29.5 Å². The lowest BCUT2D eigenvalue weighted by Gasteiger charge is -2.36. The molecular formula is C18H24O2. The van der Waals surface area contributed by atoms with Gasteiger partial charge in [-0.3, -0.25) is 0 Å². The molecular weight excluding hydrogens is 248 g/mol. The van der Waals surface area contributed by atoms with E-state index in [-0.39, 0.29) is 16.9 Å². The molecule has 0 unspecified atom stereocenters. The average Bonchev–Trinajstić information content (AvgIpc) is 2.74. The van der Waals surface area contributed by atoms with Crippen molar-refractivity contribution in [1.82, 2.24) is 0 Å². The zero-order valence-electron chi connectivity index (χ0n) is 12.8. The molecule has 2 heteroatoms. The summed E-state index contributed by atoms with van der Waals surface area (Å²) in [6.07, 6.45) is 4.20. The number of rotatable bonds is 2. The largest absolute Gasteiger partial charge is 0.497 e. The second-order valence-corrected chi connectivity index (χ2v) is 7.05. The Labute approximate surface area is 121 Å². The zero-order valence-corrected chi connectivity index (χ0v) is 12.8. The summed E-state index contributed by atoms with van der Waals surface area (Å²) in [6, 6.07) is 8.05. The van der Waals surface area contributed by atoms with Gasteiger partial charge >= 0.3 is 0 Å². The highest BCUT2D eigenvalue weighted by Crippen LogP contribution is 2.67. The van der Waals surface area contributed by atoms with Crippen LogP contribution in [0.2, 0.25) is 0 Å². The van der Waals surface area contributed by atoms with E-state index in [1.165, 1.54) is 12.0 Å². The first kappa shape index (κ1) is 13.7. The van der Waals surface area contributed by atoms with E-state index in [4.69, 9.17) is 4.74 Å². The van der Waals surface area contributed by atoms with E-state index >= 15 is 0 Å². The van der Waals surface area contributed by atoms with E-state index in [9.17, 15) is 5.11 Å². The summed E-state index contributed by atoms with van der Waals surface area (Å²) in [5.41, 5.74) is 2.57. The van der Waals surface area contributed by atoms with Gasteiger partial charge in [0.05, 0.1) is 13.2 Å². The Morgan fingerprint density at radius 2 is 1.85 bits per heavy atom. The molecule has 0 amide bonds. The van der Waals surface area contributed by atoms with Gasteiger partial charge in [0.2, 0.25) is 0 Å². The monoisotopic (exact) mass is 272 g/mol. The fraction of sp³-hybridized carbons (Fsp3) is 0.556. The van der Waals surface area contributed by atoms with E-state index in [0.29, 0.717) is 5.92 Å². The van der Waals surface area contributed by atoms with E-state index in [1.807, 2.05) is 12.1 Å². The summed E-state index contributed by atoms with van der Waals surface area (Å²) in [7, 11) is 1.68. The Morgan fingerprint density at radius 1 is 1.20 bits per heavy atom. The van der Waals surface area contributed by atoms with Gasteiger partial charge < -0.3 is 9.84 Å². The smallest absolute Gasteiger partial charge is 0.118 e. The van der Waals surface area contributed by atoms with Crippen LogP contribution < -0.4 is 4.74 Å². The first-order chi connectivity index (χ1) is 9.40. The third kappa shape index (κ3) is 1.67. The van der Waals surface area contributed by atoms with Crippen LogP contribution in [0.15, 0.2) is 29.8 Å². The van der Waals surface area contributed by atoms with Gasteiger partial charge in [0.15, 0.2) is 0 Å². The second-order valence-electron chi connectivity index (χ2n) is 7.05. The van der Waals surface area contributed by atoms with Crippen molar-refractivity contribution in [3.05, 3.63) is 35.4 Å². The van der Waals surface area contributed by atoms with Crippen LogP contribution in [0.25, 0.3) is 6.08 Å². The van der Waals surface area contributed by atoms with Crippen molar-refractivity contribution in [1.29, 1.82) is 0 Å². The fourth-order valence-corrected chi connectivity index (χ4v) is 4.23. The fourth-order valence-electron chi connectivity index (χ4n) is 4.23. The number of hydrogen-bond acceptors (Lipinski definition) is 2. The maximum absolute atomic E-state index is 10.7. The summed E-state index contributed by atoms with van der Waals surface area (Å²) in [6.45, 7) is 6.86. The Morgan fingerprint density at radius 3 is 2.35 bits per heavy atom. The minimum atomic E-state index is -0.307. The number of aliphatic hydroxyl groups excluding tert-OH is 1. The molecule has 0 aromatic heterocycles. The van der Waals surface area contributed by atoms with E-state index < -0.39 is 0 Å². The zero-order chi connectivity index (χ0) is 14.5. The molecule has 2 bridgehead atoms. The second kappa shape index (κ2) is 4.36. The summed E-state index contributed by atoms with van der Waals surface area (Å²) in [5, 5.41) is 10.7. The number of fused-ring (bicyclic) bond motifs is 2. The van der Waals surface area contributed by atoms with E-state index in [2.05, 4.69) is 39.0 Å².